The number of benzene rings is 3. The normalized spacial score (nSPS) is 13.8. The van der Waals surface area contributed by atoms with E-state index in [0.717, 1.165) is 18.5 Å². The zero-order chi connectivity index (χ0) is 24.7. The molecule has 0 N–H and O–H groups in total. The standard InChI is InChI=1S/C30H35NO3/c1-6-28(21(2)20-31(4)5)25-15-11-17-27(19-25)34-30(33)22(3)24-14-10-16-26(18-24)29(32)23-12-8-7-9-13-23/h7-19,21-22,28H,6,20H2,1-5H3. The van der Waals surface area contributed by atoms with E-state index in [2.05, 4.69) is 38.9 Å². The van der Waals surface area contributed by atoms with Crippen LogP contribution in [-0.4, -0.2) is 37.3 Å². The van der Waals surface area contributed by atoms with Gasteiger partial charge in [0.15, 0.2) is 5.78 Å². The minimum Gasteiger partial charge on any atom is -0.426 e. The Bertz CT molecular complexity index is 1110. The Labute approximate surface area is 203 Å². The number of ether oxygens (including phenoxy) is 1. The number of esters is 1. The lowest BCUT2D eigenvalue weighted by atomic mass is 9.85. The largest absolute Gasteiger partial charge is 0.426 e. The van der Waals surface area contributed by atoms with Crippen LogP contribution in [0, 0.1) is 5.92 Å². The molecule has 3 unspecified atom stereocenters. The summed E-state index contributed by atoms with van der Waals surface area (Å²) in [6.07, 6.45) is 1.02. The quantitative estimate of drug-likeness (QED) is 0.203. The molecule has 0 fully saturated rings. The molecule has 3 aromatic carbocycles. The molecule has 0 spiro atoms. The Morgan fingerprint density at radius 3 is 2.15 bits per heavy atom. The van der Waals surface area contributed by atoms with E-state index in [9.17, 15) is 9.59 Å². The molecule has 4 nitrogen and oxygen atoms in total. The molecular formula is C30H35NO3. The Morgan fingerprint density at radius 1 is 0.824 bits per heavy atom. The molecule has 34 heavy (non-hydrogen) atoms. The van der Waals surface area contributed by atoms with Crippen molar-refractivity contribution in [1.29, 1.82) is 0 Å². The molecule has 0 saturated carbocycles. The van der Waals surface area contributed by atoms with Crippen LogP contribution in [0.5, 0.6) is 5.75 Å². The van der Waals surface area contributed by atoms with Gasteiger partial charge < -0.3 is 9.64 Å². The number of rotatable bonds is 10. The summed E-state index contributed by atoms with van der Waals surface area (Å²) in [4.78, 5) is 28.0. The highest BCUT2D eigenvalue weighted by molar-refractivity contribution is 6.09. The van der Waals surface area contributed by atoms with Gasteiger partial charge in [0.1, 0.15) is 5.75 Å². The predicted octanol–water partition coefficient (Wildman–Crippen LogP) is 6.32. The van der Waals surface area contributed by atoms with Crippen LogP contribution >= 0.6 is 0 Å². The zero-order valence-electron chi connectivity index (χ0n) is 20.8. The molecule has 0 amide bonds. The average Bonchev–Trinajstić information content (AvgIpc) is 2.84. The first-order valence-electron chi connectivity index (χ1n) is 12.0. The second-order valence-electron chi connectivity index (χ2n) is 9.29. The molecular weight excluding hydrogens is 422 g/mol. The van der Waals surface area contributed by atoms with Gasteiger partial charge in [-0.1, -0.05) is 74.5 Å². The predicted molar refractivity (Wildman–Crippen MR) is 138 cm³/mol. The second kappa shape index (κ2) is 11.8. The summed E-state index contributed by atoms with van der Waals surface area (Å²) in [5.41, 5.74) is 3.13. The van der Waals surface area contributed by atoms with Gasteiger partial charge in [-0.05, 0) is 68.6 Å². The summed E-state index contributed by atoms with van der Waals surface area (Å²) in [7, 11) is 4.18. The summed E-state index contributed by atoms with van der Waals surface area (Å²) < 4.78 is 5.78. The van der Waals surface area contributed by atoms with Crippen LogP contribution in [0.4, 0.5) is 0 Å². The molecule has 0 aliphatic carbocycles. The van der Waals surface area contributed by atoms with Gasteiger partial charge in [0, 0.05) is 17.7 Å². The van der Waals surface area contributed by atoms with Crippen molar-refractivity contribution in [3.8, 4) is 5.75 Å². The maximum atomic E-state index is 13.0. The van der Waals surface area contributed by atoms with E-state index in [-0.39, 0.29) is 11.8 Å². The Kier molecular flexibility index (Phi) is 8.78. The number of carbonyl (C=O) groups is 2. The fourth-order valence-electron chi connectivity index (χ4n) is 4.52. The summed E-state index contributed by atoms with van der Waals surface area (Å²) in [6.45, 7) is 7.27. The highest BCUT2D eigenvalue weighted by atomic mass is 16.5. The van der Waals surface area contributed by atoms with Gasteiger partial charge in [0.05, 0.1) is 5.92 Å². The highest BCUT2D eigenvalue weighted by Gasteiger charge is 2.22. The second-order valence-corrected chi connectivity index (χ2v) is 9.29. The van der Waals surface area contributed by atoms with E-state index in [0.29, 0.717) is 28.7 Å². The minimum atomic E-state index is -0.498. The molecule has 178 valence electrons. The molecule has 0 saturated heterocycles. The first kappa shape index (κ1) is 25.4. The lowest BCUT2D eigenvalue weighted by Gasteiger charge is -2.26. The van der Waals surface area contributed by atoms with Crippen molar-refractivity contribution in [3.63, 3.8) is 0 Å². The number of hydrogen-bond acceptors (Lipinski definition) is 4. The van der Waals surface area contributed by atoms with Gasteiger partial charge in [-0.3, -0.25) is 9.59 Å². The highest BCUT2D eigenvalue weighted by Crippen LogP contribution is 2.31. The first-order valence-corrected chi connectivity index (χ1v) is 12.0. The van der Waals surface area contributed by atoms with Crippen molar-refractivity contribution in [1.82, 2.24) is 4.90 Å². The number of nitrogens with zero attached hydrogens (tertiary/aromatic N) is 1. The van der Waals surface area contributed by atoms with Gasteiger partial charge in [0.2, 0.25) is 0 Å². The van der Waals surface area contributed by atoms with E-state index in [1.54, 1.807) is 24.3 Å². The van der Waals surface area contributed by atoms with Crippen LogP contribution in [0.2, 0.25) is 0 Å². The minimum absolute atomic E-state index is 0.0619. The van der Waals surface area contributed by atoms with Crippen molar-refractivity contribution < 1.29 is 14.3 Å². The van der Waals surface area contributed by atoms with Gasteiger partial charge in [0.25, 0.3) is 0 Å². The summed E-state index contributed by atoms with van der Waals surface area (Å²) in [5.74, 6) is 0.529. The average molecular weight is 458 g/mol. The monoisotopic (exact) mass is 457 g/mol. The van der Waals surface area contributed by atoms with Gasteiger partial charge >= 0.3 is 5.97 Å². The van der Waals surface area contributed by atoms with Crippen molar-refractivity contribution in [3.05, 3.63) is 101 Å². The van der Waals surface area contributed by atoms with Crippen molar-refractivity contribution in [2.45, 2.75) is 39.0 Å². The van der Waals surface area contributed by atoms with Crippen molar-refractivity contribution >= 4 is 11.8 Å². The molecule has 0 bridgehead atoms. The first-order chi connectivity index (χ1) is 16.3. The maximum Gasteiger partial charge on any atom is 0.318 e. The van der Waals surface area contributed by atoms with Gasteiger partial charge in [-0.15, -0.1) is 0 Å². The van der Waals surface area contributed by atoms with Crippen LogP contribution in [0.15, 0.2) is 78.9 Å². The van der Waals surface area contributed by atoms with E-state index in [1.807, 2.05) is 55.5 Å². The smallest absolute Gasteiger partial charge is 0.318 e. The molecule has 0 heterocycles. The molecule has 4 heteroatoms. The van der Waals surface area contributed by atoms with E-state index in [4.69, 9.17) is 4.74 Å². The molecule has 0 radical (unpaired) electrons. The summed E-state index contributed by atoms with van der Waals surface area (Å²) >= 11 is 0. The zero-order valence-corrected chi connectivity index (χ0v) is 20.8. The lowest BCUT2D eigenvalue weighted by Crippen LogP contribution is -2.24. The number of ketones is 1. The fourth-order valence-corrected chi connectivity index (χ4v) is 4.52. The molecule has 0 aromatic heterocycles. The Balaban J connectivity index is 1.74. The van der Waals surface area contributed by atoms with Crippen molar-refractivity contribution in [2.75, 3.05) is 20.6 Å². The molecule has 0 aliphatic heterocycles. The van der Waals surface area contributed by atoms with Crippen LogP contribution in [0.1, 0.15) is 66.1 Å². The number of hydrogen-bond donors (Lipinski definition) is 0. The maximum absolute atomic E-state index is 13.0. The summed E-state index contributed by atoms with van der Waals surface area (Å²) in [6, 6.07) is 24.3. The Hall–Kier alpha value is -3.24. The molecule has 3 atom stereocenters. The van der Waals surface area contributed by atoms with E-state index >= 15 is 0 Å². The summed E-state index contributed by atoms with van der Waals surface area (Å²) in [5, 5.41) is 0. The van der Waals surface area contributed by atoms with E-state index in [1.165, 1.54) is 5.56 Å². The third kappa shape index (κ3) is 6.42. The topological polar surface area (TPSA) is 46.6 Å². The third-order valence-corrected chi connectivity index (χ3v) is 6.32. The van der Waals surface area contributed by atoms with Crippen molar-refractivity contribution in [2.24, 2.45) is 5.92 Å². The van der Waals surface area contributed by atoms with Crippen LogP contribution in [0.25, 0.3) is 0 Å². The van der Waals surface area contributed by atoms with Gasteiger partial charge in [-0.25, -0.2) is 0 Å². The lowest BCUT2D eigenvalue weighted by molar-refractivity contribution is -0.135. The van der Waals surface area contributed by atoms with Gasteiger partial charge in [-0.2, -0.15) is 0 Å². The van der Waals surface area contributed by atoms with E-state index < -0.39 is 5.92 Å². The van der Waals surface area contributed by atoms with Crippen LogP contribution in [-0.2, 0) is 4.79 Å². The molecule has 3 rings (SSSR count). The SMILES string of the molecule is CCC(c1cccc(OC(=O)C(C)c2cccc(C(=O)c3ccccc3)c2)c1)C(C)CN(C)C. The number of carbonyl (C=O) groups excluding carboxylic acids is 2. The fraction of sp³-hybridized carbons (Fsp3) is 0.333. The molecule has 3 aromatic rings. The Morgan fingerprint density at radius 2 is 1.47 bits per heavy atom. The molecule has 0 aliphatic rings. The third-order valence-electron chi connectivity index (χ3n) is 6.32. The van der Waals surface area contributed by atoms with Crippen LogP contribution < -0.4 is 4.74 Å². The van der Waals surface area contributed by atoms with Crippen LogP contribution in [0.3, 0.4) is 0 Å².